The van der Waals surface area contributed by atoms with E-state index >= 15 is 0 Å². The Morgan fingerprint density at radius 1 is 1.12 bits per heavy atom. The molecule has 4 heteroatoms. The SMILES string of the molecule is COCCOC1C(Cl)CC1OCCC1CCC1. The third kappa shape index (κ3) is 3.82. The Hall–Kier alpha value is 0.170. The molecule has 3 atom stereocenters. The summed E-state index contributed by atoms with van der Waals surface area (Å²) in [5.41, 5.74) is 0. The van der Waals surface area contributed by atoms with Crippen LogP contribution in [-0.2, 0) is 14.2 Å². The Balaban J connectivity index is 1.55. The van der Waals surface area contributed by atoms with Gasteiger partial charge >= 0.3 is 0 Å². The zero-order chi connectivity index (χ0) is 12.1. The van der Waals surface area contributed by atoms with Gasteiger partial charge in [-0.05, 0) is 18.8 Å². The summed E-state index contributed by atoms with van der Waals surface area (Å²) in [6, 6.07) is 0. The molecule has 3 nitrogen and oxygen atoms in total. The molecule has 17 heavy (non-hydrogen) atoms. The van der Waals surface area contributed by atoms with Crippen molar-refractivity contribution >= 4 is 11.6 Å². The van der Waals surface area contributed by atoms with Crippen LogP contribution < -0.4 is 0 Å². The third-order valence-corrected chi connectivity index (χ3v) is 4.29. The van der Waals surface area contributed by atoms with Gasteiger partial charge in [0.15, 0.2) is 0 Å². The van der Waals surface area contributed by atoms with Crippen LogP contribution >= 0.6 is 11.6 Å². The van der Waals surface area contributed by atoms with Crippen LogP contribution in [0, 0.1) is 5.92 Å². The van der Waals surface area contributed by atoms with E-state index in [0.29, 0.717) is 13.2 Å². The Morgan fingerprint density at radius 2 is 1.94 bits per heavy atom. The van der Waals surface area contributed by atoms with E-state index in [1.807, 2.05) is 0 Å². The first kappa shape index (κ1) is 13.6. The van der Waals surface area contributed by atoms with Crippen LogP contribution in [0.5, 0.6) is 0 Å². The van der Waals surface area contributed by atoms with Gasteiger partial charge in [-0.15, -0.1) is 11.6 Å². The van der Waals surface area contributed by atoms with E-state index in [1.165, 1.54) is 25.7 Å². The standard InChI is InChI=1S/C13H23ClO3/c1-15-7-8-17-13-11(14)9-12(13)16-6-5-10-3-2-4-10/h10-13H,2-9H2,1H3. The molecule has 0 heterocycles. The lowest BCUT2D eigenvalue weighted by molar-refractivity contribution is -0.132. The zero-order valence-electron chi connectivity index (χ0n) is 10.6. The first-order valence-corrected chi connectivity index (χ1v) is 7.11. The van der Waals surface area contributed by atoms with E-state index in [1.54, 1.807) is 7.11 Å². The molecule has 0 aliphatic heterocycles. The molecule has 2 saturated carbocycles. The zero-order valence-corrected chi connectivity index (χ0v) is 11.3. The van der Waals surface area contributed by atoms with Gasteiger partial charge in [-0.1, -0.05) is 19.3 Å². The van der Waals surface area contributed by atoms with Gasteiger partial charge in [0.1, 0.15) is 6.10 Å². The molecule has 2 fully saturated rings. The predicted octanol–water partition coefficient (Wildman–Crippen LogP) is 2.60. The number of methoxy groups -OCH3 is 1. The minimum Gasteiger partial charge on any atom is -0.382 e. The van der Waals surface area contributed by atoms with Gasteiger partial charge in [0, 0.05) is 13.7 Å². The molecule has 2 rings (SSSR count). The van der Waals surface area contributed by atoms with Crippen molar-refractivity contribution in [1.82, 2.24) is 0 Å². The summed E-state index contributed by atoms with van der Waals surface area (Å²) in [6.45, 7) is 2.09. The molecule has 0 aromatic rings. The highest BCUT2D eigenvalue weighted by Gasteiger charge is 2.41. The average Bonchev–Trinajstić information content (AvgIpc) is 2.26. The number of ether oxygens (including phenoxy) is 3. The van der Waals surface area contributed by atoms with E-state index in [4.69, 9.17) is 25.8 Å². The normalized spacial score (nSPS) is 33.2. The Labute approximate surface area is 109 Å². The molecule has 0 amide bonds. The van der Waals surface area contributed by atoms with E-state index in [2.05, 4.69) is 0 Å². The first-order valence-electron chi connectivity index (χ1n) is 6.67. The van der Waals surface area contributed by atoms with Gasteiger partial charge in [0.05, 0.1) is 24.7 Å². The van der Waals surface area contributed by atoms with Crippen LogP contribution in [0.1, 0.15) is 32.1 Å². The van der Waals surface area contributed by atoms with E-state index in [9.17, 15) is 0 Å². The Kier molecular flexibility index (Phi) is 5.54. The fourth-order valence-electron chi connectivity index (χ4n) is 2.34. The molecule has 0 saturated heterocycles. The van der Waals surface area contributed by atoms with Gasteiger partial charge < -0.3 is 14.2 Å². The maximum Gasteiger partial charge on any atom is 0.100 e. The van der Waals surface area contributed by atoms with E-state index in [-0.39, 0.29) is 17.6 Å². The number of hydrogen-bond acceptors (Lipinski definition) is 3. The summed E-state index contributed by atoms with van der Waals surface area (Å²) in [6.07, 6.45) is 6.57. The summed E-state index contributed by atoms with van der Waals surface area (Å²) in [7, 11) is 1.68. The molecule has 0 spiro atoms. The van der Waals surface area contributed by atoms with Crippen molar-refractivity contribution in [1.29, 1.82) is 0 Å². The highest BCUT2D eigenvalue weighted by atomic mass is 35.5. The fourth-order valence-corrected chi connectivity index (χ4v) is 2.75. The molecule has 100 valence electrons. The summed E-state index contributed by atoms with van der Waals surface area (Å²) in [4.78, 5) is 0. The molecule has 0 aromatic heterocycles. The van der Waals surface area contributed by atoms with Crippen LogP contribution in [0.15, 0.2) is 0 Å². The quantitative estimate of drug-likeness (QED) is 0.497. The first-order chi connectivity index (χ1) is 8.31. The molecule has 0 aromatic carbocycles. The van der Waals surface area contributed by atoms with Crippen molar-refractivity contribution in [2.75, 3.05) is 26.9 Å². The molecule has 2 aliphatic carbocycles. The van der Waals surface area contributed by atoms with Crippen molar-refractivity contribution in [2.24, 2.45) is 5.92 Å². The minimum absolute atomic E-state index is 0.0632. The molecule has 0 bridgehead atoms. The summed E-state index contributed by atoms with van der Waals surface area (Å²) >= 11 is 6.12. The third-order valence-electron chi connectivity index (χ3n) is 3.86. The highest BCUT2D eigenvalue weighted by molar-refractivity contribution is 6.21. The molecular weight excluding hydrogens is 240 g/mol. The summed E-state index contributed by atoms with van der Waals surface area (Å²) in [5.74, 6) is 0.912. The van der Waals surface area contributed by atoms with E-state index < -0.39 is 0 Å². The second-order valence-corrected chi connectivity index (χ2v) is 5.64. The number of rotatable bonds is 8. The number of hydrogen-bond donors (Lipinski definition) is 0. The second kappa shape index (κ2) is 6.93. The lowest BCUT2D eigenvalue weighted by Crippen LogP contribution is -2.51. The van der Waals surface area contributed by atoms with Gasteiger partial charge in [0.25, 0.3) is 0 Å². The molecule has 3 unspecified atom stereocenters. The monoisotopic (exact) mass is 262 g/mol. The molecule has 0 N–H and O–H groups in total. The average molecular weight is 263 g/mol. The van der Waals surface area contributed by atoms with Crippen LogP contribution in [0.3, 0.4) is 0 Å². The maximum atomic E-state index is 6.12. The van der Waals surface area contributed by atoms with Crippen molar-refractivity contribution in [3.05, 3.63) is 0 Å². The van der Waals surface area contributed by atoms with Crippen molar-refractivity contribution in [3.8, 4) is 0 Å². The molecular formula is C13H23ClO3. The number of halogens is 1. The molecule has 0 radical (unpaired) electrons. The Morgan fingerprint density at radius 3 is 2.53 bits per heavy atom. The van der Waals surface area contributed by atoms with Crippen LogP contribution in [0.4, 0.5) is 0 Å². The smallest absolute Gasteiger partial charge is 0.100 e. The highest BCUT2D eigenvalue weighted by Crippen LogP contribution is 2.33. The minimum atomic E-state index is 0.0632. The Bertz CT molecular complexity index is 221. The van der Waals surface area contributed by atoms with Crippen LogP contribution in [0.2, 0.25) is 0 Å². The fraction of sp³-hybridized carbons (Fsp3) is 1.00. The van der Waals surface area contributed by atoms with Gasteiger partial charge in [-0.2, -0.15) is 0 Å². The largest absolute Gasteiger partial charge is 0.382 e. The number of alkyl halides is 1. The van der Waals surface area contributed by atoms with Crippen LogP contribution in [-0.4, -0.2) is 44.5 Å². The van der Waals surface area contributed by atoms with Crippen molar-refractivity contribution in [2.45, 2.75) is 49.7 Å². The topological polar surface area (TPSA) is 27.7 Å². The summed E-state index contributed by atoms with van der Waals surface area (Å²) in [5, 5.41) is 0.112. The molecule has 2 aliphatic rings. The lowest BCUT2D eigenvalue weighted by Gasteiger charge is -2.41. The van der Waals surface area contributed by atoms with Gasteiger partial charge in [0.2, 0.25) is 0 Å². The predicted molar refractivity (Wildman–Crippen MR) is 67.6 cm³/mol. The summed E-state index contributed by atoms with van der Waals surface area (Å²) < 4.78 is 16.5. The van der Waals surface area contributed by atoms with Gasteiger partial charge in [-0.25, -0.2) is 0 Å². The van der Waals surface area contributed by atoms with E-state index in [0.717, 1.165) is 18.9 Å². The van der Waals surface area contributed by atoms with Gasteiger partial charge in [-0.3, -0.25) is 0 Å². The second-order valence-electron chi connectivity index (χ2n) is 5.07. The van der Waals surface area contributed by atoms with Crippen molar-refractivity contribution < 1.29 is 14.2 Å². The van der Waals surface area contributed by atoms with Crippen molar-refractivity contribution in [3.63, 3.8) is 0 Å². The maximum absolute atomic E-state index is 6.12. The lowest BCUT2D eigenvalue weighted by atomic mass is 9.83. The van der Waals surface area contributed by atoms with Crippen LogP contribution in [0.25, 0.3) is 0 Å².